The molecule has 0 aliphatic heterocycles. The standard InChI is InChI=1S/C14H12FNO/c1-10(13-4-2-3-9-16-13)14(17)11-5-7-12(15)8-6-11/h2-10H,1H3. The van der Waals surface area contributed by atoms with Gasteiger partial charge in [0.05, 0.1) is 11.6 Å². The molecule has 3 heteroatoms. The Morgan fingerprint density at radius 2 is 1.88 bits per heavy atom. The number of pyridine rings is 1. The minimum absolute atomic E-state index is 0.0521. The van der Waals surface area contributed by atoms with Crippen LogP contribution >= 0.6 is 0 Å². The maximum atomic E-state index is 12.8. The molecule has 2 nitrogen and oxygen atoms in total. The summed E-state index contributed by atoms with van der Waals surface area (Å²) in [5.74, 6) is -0.711. The highest BCUT2D eigenvalue weighted by atomic mass is 19.1. The van der Waals surface area contributed by atoms with Gasteiger partial charge in [0.1, 0.15) is 5.82 Å². The maximum Gasteiger partial charge on any atom is 0.171 e. The number of carbonyl (C=O) groups is 1. The highest BCUT2D eigenvalue weighted by molar-refractivity contribution is 6.00. The molecule has 0 saturated carbocycles. The zero-order valence-corrected chi connectivity index (χ0v) is 9.43. The van der Waals surface area contributed by atoms with E-state index in [2.05, 4.69) is 4.98 Å². The number of benzene rings is 1. The van der Waals surface area contributed by atoms with Gasteiger partial charge in [-0.15, -0.1) is 0 Å². The number of rotatable bonds is 3. The molecule has 2 aromatic rings. The molecule has 1 unspecified atom stereocenters. The van der Waals surface area contributed by atoms with Crippen molar-refractivity contribution in [3.05, 3.63) is 65.7 Å². The number of halogens is 1. The monoisotopic (exact) mass is 229 g/mol. The third-order valence-corrected chi connectivity index (χ3v) is 2.65. The van der Waals surface area contributed by atoms with Crippen molar-refractivity contribution in [2.24, 2.45) is 0 Å². The van der Waals surface area contributed by atoms with Crippen molar-refractivity contribution >= 4 is 5.78 Å². The molecule has 0 aliphatic carbocycles. The molecule has 86 valence electrons. The number of Topliss-reactive ketones (excluding diaryl/α,β-unsaturated/α-hetero) is 1. The number of hydrogen-bond donors (Lipinski definition) is 0. The summed E-state index contributed by atoms with van der Waals surface area (Å²) in [4.78, 5) is 16.2. The summed E-state index contributed by atoms with van der Waals surface area (Å²) in [5, 5.41) is 0. The van der Waals surface area contributed by atoms with E-state index < -0.39 is 0 Å². The molecule has 0 fully saturated rings. The first-order chi connectivity index (χ1) is 8.18. The summed E-state index contributed by atoms with van der Waals surface area (Å²) in [6.45, 7) is 1.80. The van der Waals surface area contributed by atoms with Crippen LogP contribution < -0.4 is 0 Å². The van der Waals surface area contributed by atoms with Gasteiger partial charge in [0, 0.05) is 11.8 Å². The highest BCUT2D eigenvalue weighted by Gasteiger charge is 2.17. The number of carbonyl (C=O) groups excluding carboxylic acids is 1. The SMILES string of the molecule is CC(C(=O)c1ccc(F)cc1)c1ccccn1. The van der Waals surface area contributed by atoms with E-state index in [0.717, 1.165) is 5.69 Å². The first-order valence-corrected chi connectivity index (χ1v) is 5.39. The van der Waals surface area contributed by atoms with Crippen molar-refractivity contribution < 1.29 is 9.18 Å². The summed E-state index contributed by atoms with van der Waals surface area (Å²) < 4.78 is 12.8. The normalized spacial score (nSPS) is 12.1. The summed E-state index contributed by atoms with van der Waals surface area (Å²) in [6.07, 6.45) is 1.66. The van der Waals surface area contributed by atoms with Gasteiger partial charge >= 0.3 is 0 Å². The van der Waals surface area contributed by atoms with Crippen LogP contribution in [0.5, 0.6) is 0 Å². The molecule has 2 rings (SSSR count). The molecule has 0 aliphatic rings. The van der Waals surface area contributed by atoms with Crippen molar-refractivity contribution in [1.29, 1.82) is 0 Å². The third-order valence-electron chi connectivity index (χ3n) is 2.65. The lowest BCUT2D eigenvalue weighted by Crippen LogP contribution is -2.10. The van der Waals surface area contributed by atoms with Crippen molar-refractivity contribution in [2.45, 2.75) is 12.8 Å². The van der Waals surface area contributed by atoms with E-state index in [4.69, 9.17) is 0 Å². The minimum Gasteiger partial charge on any atom is -0.293 e. The molecule has 0 N–H and O–H groups in total. The van der Waals surface area contributed by atoms with Crippen molar-refractivity contribution in [2.75, 3.05) is 0 Å². The summed E-state index contributed by atoms with van der Waals surface area (Å²) >= 11 is 0. The van der Waals surface area contributed by atoms with Crippen LogP contribution in [-0.2, 0) is 0 Å². The van der Waals surface area contributed by atoms with Crippen LogP contribution in [0.4, 0.5) is 4.39 Å². The Balaban J connectivity index is 2.23. The Morgan fingerprint density at radius 3 is 2.47 bits per heavy atom. The third kappa shape index (κ3) is 2.56. The molecule has 0 radical (unpaired) electrons. The second-order valence-corrected chi connectivity index (χ2v) is 3.85. The van der Waals surface area contributed by atoms with Crippen molar-refractivity contribution in [3.8, 4) is 0 Å². The Labute approximate surface area is 99.1 Å². The van der Waals surface area contributed by atoms with Crippen LogP contribution in [0.25, 0.3) is 0 Å². The van der Waals surface area contributed by atoms with Crippen molar-refractivity contribution in [3.63, 3.8) is 0 Å². The molecule has 0 bridgehead atoms. The summed E-state index contributed by atoms with van der Waals surface area (Å²) in [7, 11) is 0. The van der Waals surface area contributed by atoms with Gasteiger partial charge in [0.2, 0.25) is 0 Å². The number of hydrogen-bond acceptors (Lipinski definition) is 2. The molecule has 0 amide bonds. The Bertz CT molecular complexity index is 508. The molecule has 0 spiro atoms. The fraction of sp³-hybridized carbons (Fsp3) is 0.143. The van der Waals surface area contributed by atoms with Gasteiger partial charge in [-0.05, 0) is 43.3 Å². The highest BCUT2D eigenvalue weighted by Crippen LogP contribution is 2.18. The molecule has 1 aromatic carbocycles. The van der Waals surface area contributed by atoms with Crippen LogP contribution in [0.3, 0.4) is 0 Å². The average Bonchev–Trinajstić information content (AvgIpc) is 2.39. The topological polar surface area (TPSA) is 30.0 Å². The van der Waals surface area contributed by atoms with Crippen LogP contribution in [-0.4, -0.2) is 10.8 Å². The largest absolute Gasteiger partial charge is 0.293 e. The van der Waals surface area contributed by atoms with Crippen LogP contribution in [0.1, 0.15) is 28.9 Å². The first-order valence-electron chi connectivity index (χ1n) is 5.39. The Hall–Kier alpha value is -2.03. The van der Waals surface area contributed by atoms with Gasteiger partial charge in [0.15, 0.2) is 5.78 Å². The lowest BCUT2D eigenvalue weighted by atomic mass is 9.96. The summed E-state index contributed by atoms with van der Waals surface area (Å²) in [6, 6.07) is 11.0. The van der Waals surface area contributed by atoms with E-state index in [1.807, 2.05) is 12.1 Å². The number of nitrogens with zero attached hydrogens (tertiary/aromatic N) is 1. The van der Waals surface area contributed by atoms with E-state index in [9.17, 15) is 9.18 Å². The average molecular weight is 229 g/mol. The van der Waals surface area contributed by atoms with E-state index in [1.165, 1.54) is 24.3 Å². The van der Waals surface area contributed by atoms with E-state index >= 15 is 0 Å². The van der Waals surface area contributed by atoms with Gasteiger partial charge in [-0.3, -0.25) is 9.78 Å². The molecular weight excluding hydrogens is 217 g/mol. The zero-order chi connectivity index (χ0) is 12.3. The first kappa shape index (κ1) is 11.5. The van der Waals surface area contributed by atoms with Gasteiger partial charge in [-0.2, -0.15) is 0 Å². The molecule has 1 heterocycles. The van der Waals surface area contributed by atoms with Gasteiger partial charge in [-0.1, -0.05) is 6.07 Å². The number of aromatic nitrogens is 1. The minimum atomic E-state index is -0.341. The quantitative estimate of drug-likeness (QED) is 0.756. The van der Waals surface area contributed by atoms with Gasteiger partial charge in [-0.25, -0.2) is 4.39 Å². The molecule has 1 atom stereocenters. The number of ketones is 1. The lowest BCUT2D eigenvalue weighted by molar-refractivity contribution is 0.0964. The summed E-state index contributed by atoms with van der Waals surface area (Å²) in [5.41, 5.74) is 1.23. The molecular formula is C14H12FNO. The smallest absolute Gasteiger partial charge is 0.171 e. The fourth-order valence-electron chi connectivity index (χ4n) is 1.63. The predicted molar refractivity (Wildman–Crippen MR) is 63.4 cm³/mol. The molecule has 0 saturated heterocycles. The van der Waals surface area contributed by atoms with E-state index in [1.54, 1.807) is 19.2 Å². The lowest BCUT2D eigenvalue weighted by Gasteiger charge is -2.09. The Kier molecular flexibility index (Phi) is 3.28. The van der Waals surface area contributed by atoms with Crippen LogP contribution in [0.15, 0.2) is 48.7 Å². The van der Waals surface area contributed by atoms with Crippen molar-refractivity contribution in [1.82, 2.24) is 4.98 Å². The molecule has 1 aromatic heterocycles. The van der Waals surface area contributed by atoms with Crippen LogP contribution in [0.2, 0.25) is 0 Å². The van der Waals surface area contributed by atoms with Gasteiger partial charge in [0.25, 0.3) is 0 Å². The van der Waals surface area contributed by atoms with E-state index in [0.29, 0.717) is 5.56 Å². The second-order valence-electron chi connectivity index (χ2n) is 3.85. The predicted octanol–water partition coefficient (Wildman–Crippen LogP) is 3.21. The fourth-order valence-corrected chi connectivity index (χ4v) is 1.63. The second kappa shape index (κ2) is 4.87. The van der Waals surface area contributed by atoms with E-state index in [-0.39, 0.29) is 17.5 Å². The molecule has 17 heavy (non-hydrogen) atoms. The van der Waals surface area contributed by atoms with Crippen LogP contribution in [0, 0.1) is 5.82 Å². The van der Waals surface area contributed by atoms with Gasteiger partial charge < -0.3 is 0 Å². The zero-order valence-electron chi connectivity index (χ0n) is 9.43. The maximum absolute atomic E-state index is 12.8. The Morgan fingerprint density at radius 1 is 1.18 bits per heavy atom.